The number of hydrogen-bond donors (Lipinski definition) is 1. The quantitative estimate of drug-likeness (QED) is 0.752. The van der Waals surface area contributed by atoms with E-state index < -0.39 is 0 Å². The molecule has 0 aromatic heterocycles. The molecule has 0 aliphatic rings. The van der Waals surface area contributed by atoms with Crippen molar-refractivity contribution in [2.24, 2.45) is 0 Å². The monoisotopic (exact) mass is 354 g/mol. The molecule has 0 unspecified atom stereocenters. The fourth-order valence-corrected chi connectivity index (χ4v) is 2.50. The molecule has 2 aromatic carbocycles. The van der Waals surface area contributed by atoms with Crippen LogP contribution in [0.3, 0.4) is 0 Å². The van der Waals surface area contributed by atoms with E-state index in [9.17, 15) is 0 Å². The number of nitrogens with one attached hydrogen (secondary N) is 1. The van der Waals surface area contributed by atoms with Crippen LogP contribution in [0, 0.1) is 18.3 Å². The van der Waals surface area contributed by atoms with Crippen molar-refractivity contribution in [2.45, 2.75) is 6.92 Å². The number of benzene rings is 2. The Morgan fingerprint density at radius 2 is 1.89 bits per heavy atom. The number of aryl methyl sites for hydroxylation is 1. The molecule has 2 nitrogen and oxygen atoms in total. The maximum absolute atomic E-state index is 9.08. The van der Waals surface area contributed by atoms with Gasteiger partial charge in [-0.05, 0) is 58.7 Å². The van der Waals surface area contributed by atoms with Crippen molar-refractivity contribution in [1.82, 2.24) is 0 Å². The number of rotatable bonds is 2. The van der Waals surface area contributed by atoms with Crippen LogP contribution in [-0.2, 0) is 0 Å². The molecule has 0 aliphatic carbocycles. The Morgan fingerprint density at radius 3 is 2.58 bits per heavy atom. The van der Waals surface area contributed by atoms with Gasteiger partial charge in [0.05, 0.1) is 16.9 Å². The van der Waals surface area contributed by atoms with Gasteiger partial charge in [0.2, 0.25) is 0 Å². The number of anilines is 2. The van der Waals surface area contributed by atoms with Crippen molar-refractivity contribution >= 4 is 50.5 Å². The Balaban J connectivity index is 2.45. The van der Waals surface area contributed by atoms with Gasteiger partial charge in [0.1, 0.15) is 6.07 Å². The molecule has 0 aliphatic heterocycles. The zero-order valence-electron chi connectivity index (χ0n) is 9.97. The summed E-state index contributed by atoms with van der Waals surface area (Å²) in [6, 6.07) is 10.9. The first-order chi connectivity index (χ1) is 9.01. The standard InChI is InChI=1S/C14H9BrCl2N2/c1-8-4-11(15)14(6-12(8)17)19-13-5-10(16)3-2-9(13)7-18/h2-6,19H,1H3. The summed E-state index contributed by atoms with van der Waals surface area (Å²) < 4.78 is 0.873. The van der Waals surface area contributed by atoms with Crippen molar-refractivity contribution in [3.8, 4) is 6.07 Å². The summed E-state index contributed by atoms with van der Waals surface area (Å²) in [5.74, 6) is 0. The van der Waals surface area contributed by atoms with Crippen molar-refractivity contribution in [3.63, 3.8) is 0 Å². The van der Waals surface area contributed by atoms with Gasteiger partial charge in [0.15, 0.2) is 0 Å². The third-order valence-corrected chi connectivity index (χ3v) is 3.92. The molecular weight excluding hydrogens is 347 g/mol. The minimum absolute atomic E-state index is 0.521. The highest BCUT2D eigenvalue weighted by molar-refractivity contribution is 9.10. The summed E-state index contributed by atoms with van der Waals surface area (Å²) in [5, 5.41) is 13.5. The van der Waals surface area contributed by atoms with E-state index in [1.807, 2.05) is 19.1 Å². The molecule has 0 heterocycles. The zero-order valence-corrected chi connectivity index (χ0v) is 13.1. The highest BCUT2D eigenvalue weighted by Crippen LogP contribution is 2.33. The largest absolute Gasteiger partial charge is 0.353 e. The average Bonchev–Trinajstić information content (AvgIpc) is 2.36. The van der Waals surface area contributed by atoms with Crippen LogP contribution in [0.4, 0.5) is 11.4 Å². The lowest BCUT2D eigenvalue weighted by molar-refractivity contribution is 1.42. The van der Waals surface area contributed by atoms with Crippen LogP contribution in [-0.4, -0.2) is 0 Å². The van der Waals surface area contributed by atoms with E-state index in [0.29, 0.717) is 21.3 Å². The normalized spacial score (nSPS) is 10.1. The molecule has 0 bridgehead atoms. The van der Waals surface area contributed by atoms with Crippen molar-refractivity contribution in [1.29, 1.82) is 5.26 Å². The SMILES string of the molecule is Cc1cc(Br)c(Nc2cc(Cl)ccc2C#N)cc1Cl. The van der Waals surface area contributed by atoms with Crippen molar-refractivity contribution in [2.75, 3.05) is 5.32 Å². The molecule has 0 radical (unpaired) electrons. The molecule has 2 aromatic rings. The molecule has 19 heavy (non-hydrogen) atoms. The molecule has 0 atom stereocenters. The van der Waals surface area contributed by atoms with E-state index in [1.54, 1.807) is 18.2 Å². The van der Waals surface area contributed by atoms with Crippen molar-refractivity contribution < 1.29 is 0 Å². The van der Waals surface area contributed by atoms with E-state index in [2.05, 4.69) is 27.3 Å². The van der Waals surface area contributed by atoms with Gasteiger partial charge in [-0.25, -0.2) is 0 Å². The van der Waals surface area contributed by atoms with Gasteiger partial charge in [0, 0.05) is 14.5 Å². The molecule has 0 amide bonds. The van der Waals surface area contributed by atoms with Gasteiger partial charge in [-0.2, -0.15) is 5.26 Å². The topological polar surface area (TPSA) is 35.8 Å². The average molecular weight is 356 g/mol. The zero-order chi connectivity index (χ0) is 14.0. The van der Waals surface area contributed by atoms with Crippen LogP contribution in [0.25, 0.3) is 0 Å². The molecule has 5 heteroatoms. The predicted octanol–water partition coefficient (Wildman–Crippen LogP) is 5.68. The van der Waals surface area contributed by atoms with Crippen molar-refractivity contribution in [3.05, 3.63) is 56.0 Å². The summed E-state index contributed by atoms with van der Waals surface area (Å²) in [6.07, 6.45) is 0. The second kappa shape index (κ2) is 5.83. The van der Waals surface area contributed by atoms with Gasteiger partial charge in [0.25, 0.3) is 0 Å². The molecule has 2 rings (SSSR count). The highest BCUT2D eigenvalue weighted by Gasteiger charge is 2.08. The predicted molar refractivity (Wildman–Crippen MR) is 83.3 cm³/mol. The second-order valence-corrected chi connectivity index (χ2v) is 5.71. The molecule has 0 saturated heterocycles. The van der Waals surface area contributed by atoms with Gasteiger partial charge >= 0.3 is 0 Å². The number of nitriles is 1. The van der Waals surface area contributed by atoms with Gasteiger partial charge in [-0.1, -0.05) is 23.2 Å². The van der Waals surface area contributed by atoms with Gasteiger partial charge in [-0.3, -0.25) is 0 Å². The number of halogens is 3. The first-order valence-corrected chi connectivity index (χ1v) is 6.98. The van der Waals surface area contributed by atoms with E-state index in [0.717, 1.165) is 15.7 Å². The summed E-state index contributed by atoms with van der Waals surface area (Å²) in [4.78, 5) is 0. The second-order valence-electron chi connectivity index (χ2n) is 4.01. The summed E-state index contributed by atoms with van der Waals surface area (Å²) in [5.41, 5.74) is 2.93. The Bertz CT molecular complexity index is 678. The lowest BCUT2D eigenvalue weighted by atomic mass is 10.1. The van der Waals surface area contributed by atoms with Crippen LogP contribution >= 0.6 is 39.1 Å². The molecule has 0 fully saturated rings. The first-order valence-electron chi connectivity index (χ1n) is 5.43. The van der Waals surface area contributed by atoms with Gasteiger partial charge in [-0.15, -0.1) is 0 Å². The Kier molecular flexibility index (Phi) is 4.36. The summed E-state index contributed by atoms with van der Waals surface area (Å²) >= 11 is 15.5. The van der Waals surface area contributed by atoms with Gasteiger partial charge < -0.3 is 5.32 Å². The number of nitrogens with zero attached hydrogens (tertiary/aromatic N) is 1. The third-order valence-electron chi connectivity index (χ3n) is 2.62. The molecule has 0 saturated carbocycles. The Hall–Kier alpha value is -1.21. The van der Waals surface area contributed by atoms with Crippen LogP contribution < -0.4 is 5.32 Å². The Morgan fingerprint density at radius 1 is 1.16 bits per heavy atom. The fourth-order valence-electron chi connectivity index (χ4n) is 1.60. The highest BCUT2D eigenvalue weighted by atomic mass is 79.9. The van der Waals surface area contributed by atoms with Crippen LogP contribution in [0.1, 0.15) is 11.1 Å². The van der Waals surface area contributed by atoms with E-state index in [1.165, 1.54) is 0 Å². The molecular formula is C14H9BrCl2N2. The minimum Gasteiger partial charge on any atom is -0.353 e. The third kappa shape index (κ3) is 3.22. The fraction of sp³-hybridized carbons (Fsp3) is 0.0714. The molecule has 1 N–H and O–H groups in total. The lowest BCUT2D eigenvalue weighted by Crippen LogP contribution is -1.95. The summed E-state index contributed by atoms with van der Waals surface area (Å²) in [6.45, 7) is 1.93. The van der Waals surface area contributed by atoms with Crippen LogP contribution in [0.5, 0.6) is 0 Å². The molecule has 96 valence electrons. The van der Waals surface area contributed by atoms with E-state index in [4.69, 9.17) is 28.5 Å². The van der Waals surface area contributed by atoms with Crippen LogP contribution in [0.15, 0.2) is 34.8 Å². The maximum Gasteiger partial charge on any atom is 0.101 e. The lowest BCUT2D eigenvalue weighted by Gasteiger charge is -2.12. The summed E-state index contributed by atoms with van der Waals surface area (Å²) in [7, 11) is 0. The smallest absolute Gasteiger partial charge is 0.101 e. The Labute approximate surface area is 130 Å². The van der Waals surface area contributed by atoms with E-state index in [-0.39, 0.29) is 0 Å². The van der Waals surface area contributed by atoms with Crippen LogP contribution in [0.2, 0.25) is 10.0 Å². The maximum atomic E-state index is 9.08. The molecule has 0 spiro atoms. The number of hydrogen-bond acceptors (Lipinski definition) is 2. The first kappa shape index (κ1) is 14.2. The van der Waals surface area contributed by atoms with E-state index >= 15 is 0 Å². The minimum atomic E-state index is 0.521.